The summed E-state index contributed by atoms with van der Waals surface area (Å²) in [5.41, 5.74) is 0.203. The van der Waals surface area contributed by atoms with E-state index in [0.29, 0.717) is 4.90 Å². The molecule has 0 spiro atoms. The fraction of sp³-hybridized carbons (Fsp3) is 0.176. The topological polar surface area (TPSA) is 83.5 Å². The van der Waals surface area contributed by atoms with Crippen molar-refractivity contribution < 1.29 is 18.9 Å². The molecule has 0 unspecified atom stereocenters. The number of rotatable bonds is 7. The fourth-order valence-electron chi connectivity index (χ4n) is 2.05. The van der Waals surface area contributed by atoms with Crippen LogP contribution in [0.15, 0.2) is 59.5 Å². The minimum Gasteiger partial charge on any atom is -0.480 e. The van der Waals surface area contributed by atoms with Crippen LogP contribution < -0.4 is 5.32 Å². The van der Waals surface area contributed by atoms with Gasteiger partial charge in [-0.3, -0.25) is 9.00 Å². The third-order valence-electron chi connectivity index (χ3n) is 3.32. The van der Waals surface area contributed by atoms with Crippen molar-refractivity contribution >= 4 is 34.3 Å². The largest absolute Gasteiger partial charge is 0.480 e. The predicted molar refractivity (Wildman–Crippen MR) is 92.7 cm³/mol. The van der Waals surface area contributed by atoms with Gasteiger partial charge in [-0.25, -0.2) is 4.79 Å². The van der Waals surface area contributed by atoms with Gasteiger partial charge in [0.25, 0.3) is 5.91 Å². The Hall–Kier alpha value is -2.18. The Balaban J connectivity index is 2.00. The van der Waals surface area contributed by atoms with Crippen molar-refractivity contribution in [3.8, 4) is 0 Å². The van der Waals surface area contributed by atoms with Crippen LogP contribution in [0.4, 0.5) is 0 Å². The van der Waals surface area contributed by atoms with E-state index in [2.05, 4.69) is 5.32 Å². The summed E-state index contributed by atoms with van der Waals surface area (Å²) in [4.78, 5) is 24.1. The zero-order chi connectivity index (χ0) is 17.5. The Bertz CT molecular complexity index is 751. The molecule has 2 atom stereocenters. The highest BCUT2D eigenvalue weighted by atomic mass is 35.5. The standard InChI is InChI=1S/C17H16ClNO4S/c18-14-9-5-4-8-13(14)16(20)19-15(17(21)22)10-11-24(23)12-6-2-1-3-7-12/h1-9,15H,10-11H2,(H,19,20)(H,21,22)/t15-,24+/m0/s1. The van der Waals surface area contributed by atoms with E-state index in [1.165, 1.54) is 6.07 Å². The monoisotopic (exact) mass is 365 g/mol. The van der Waals surface area contributed by atoms with Gasteiger partial charge in [0.05, 0.1) is 21.4 Å². The molecule has 0 radical (unpaired) electrons. The van der Waals surface area contributed by atoms with Gasteiger partial charge in [-0.1, -0.05) is 41.9 Å². The van der Waals surface area contributed by atoms with Crippen molar-refractivity contribution in [2.24, 2.45) is 0 Å². The molecule has 0 aliphatic carbocycles. The highest BCUT2D eigenvalue weighted by Crippen LogP contribution is 2.15. The van der Waals surface area contributed by atoms with Crippen LogP contribution in [-0.4, -0.2) is 33.0 Å². The van der Waals surface area contributed by atoms with E-state index < -0.39 is 28.7 Å². The number of carboxylic acid groups (broad SMARTS) is 1. The number of hydrogen-bond donors (Lipinski definition) is 2. The maximum absolute atomic E-state index is 12.2. The van der Waals surface area contributed by atoms with E-state index >= 15 is 0 Å². The number of carbonyl (C=O) groups excluding carboxylic acids is 1. The van der Waals surface area contributed by atoms with Crippen molar-refractivity contribution in [2.75, 3.05) is 5.75 Å². The number of amides is 1. The lowest BCUT2D eigenvalue weighted by molar-refractivity contribution is -0.139. The van der Waals surface area contributed by atoms with Gasteiger partial charge in [-0.2, -0.15) is 0 Å². The average molecular weight is 366 g/mol. The van der Waals surface area contributed by atoms with Gasteiger partial charge in [0, 0.05) is 10.6 Å². The molecule has 2 rings (SSSR count). The first-order valence-electron chi connectivity index (χ1n) is 7.20. The number of carboxylic acids is 1. The summed E-state index contributed by atoms with van der Waals surface area (Å²) in [5, 5.41) is 11.9. The van der Waals surface area contributed by atoms with Gasteiger partial charge in [0.15, 0.2) is 0 Å². The highest BCUT2D eigenvalue weighted by molar-refractivity contribution is 7.85. The van der Waals surface area contributed by atoms with Crippen LogP contribution in [0.2, 0.25) is 5.02 Å². The van der Waals surface area contributed by atoms with E-state index in [4.69, 9.17) is 11.6 Å². The average Bonchev–Trinajstić information content (AvgIpc) is 2.59. The minimum absolute atomic E-state index is 0.0486. The Morgan fingerprint density at radius 2 is 1.71 bits per heavy atom. The van der Waals surface area contributed by atoms with Gasteiger partial charge < -0.3 is 10.4 Å². The Kier molecular flexibility index (Phi) is 6.52. The number of hydrogen-bond acceptors (Lipinski definition) is 3. The Morgan fingerprint density at radius 1 is 1.08 bits per heavy atom. The Labute approximate surface area is 147 Å². The zero-order valence-corrected chi connectivity index (χ0v) is 14.2. The quantitative estimate of drug-likeness (QED) is 0.790. The number of halogens is 1. The first-order chi connectivity index (χ1) is 11.5. The molecule has 0 saturated heterocycles. The van der Waals surface area contributed by atoms with E-state index in [9.17, 15) is 18.9 Å². The van der Waals surface area contributed by atoms with Gasteiger partial charge in [-0.15, -0.1) is 0 Å². The van der Waals surface area contributed by atoms with Crippen molar-refractivity contribution in [1.82, 2.24) is 5.32 Å². The van der Waals surface area contributed by atoms with Crippen molar-refractivity contribution in [2.45, 2.75) is 17.4 Å². The van der Waals surface area contributed by atoms with Crippen LogP contribution in [0.25, 0.3) is 0 Å². The van der Waals surface area contributed by atoms with E-state index in [1.807, 2.05) is 6.07 Å². The van der Waals surface area contributed by atoms with Crippen LogP contribution in [0.1, 0.15) is 16.8 Å². The molecule has 0 heterocycles. The number of nitrogens with one attached hydrogen (secondary N) is 1. The molecule has 0 saturated carbocycles. The second kappa shape index (κ2) is 8.61. The lowest BCUT2D eigenvalue weighted by Crippen LogP contribution is -2.41. The zero-order valence-electron chi connectivity index (χ0n) is 12.6. The molecule has 0 bridgehead atoms. The van der Waals surface area contributed by atoms with Gasteiger partial charge in [-0.05, 0) is 30.7 Å². The summed E-state index contributed by atoms with van der Waals surface area (Å²) in [6.45, 7) is 0. The maximum atomic E-state index is 12.2. The van der Waals surface area contributed by atoms with Crippen molar-refractivity contribution in [1.29, 1.82) is 0 Å². The molecule has 2 aromatic carbocycles. The van der Waals surface area contributed by atoms with E-state index in [0.717, 1.165) is 0 Å². The molecule has 126 valence electrons. The summed E-state index contributed by atoms with van der Waals surface area (Å²) in [6, 6.07) is 14.0. The molecular weight excluding hydrogens is 350 g/mol. The van der Waals surface area contributed by atoms with Crippen LogP contribution in [0.5, 0.6) is 0 Å². The second-order valence-electron chi connectivity index (χ2n) is 5.00. The summed E-state index contributed by atoms with van der Waals surface area (Å²) < 4.78 is 12.2. The van der Waals surface area contributed by atoms with Crippen LogP contribution in [0, 0.1) is 0 Å². The summed E-state index contributed by atoms with van der Waals surface area (Å²) in [7, 11) is -1.32. The summed E-state index contributed by atoms with van der Waals surface area (Å²) in [5.74, 6) is -1.62. The summed E-state index contributed by atoms with van der Waals surface area (Å²) in [6.07, 6.45) is 0.0486. The normalized spacial score (nSPS) is 13.0. The fourth-order valence-corrected chi connectivity index (χ4v) is 3.42. The lowest BCUT2D eigenvalue weighted by Gasteiger charge is -2.15. The molecule has 24 heavy (non-hydrogen) atoms. The van der Waals surface area contributed by atoms with Crippen LogP contribution in [0.3, 0.4) is 0 Å². The smallest absolute Gasteiger partial charge is 0.326 e. The molecule has 2 N–H and O–H groups in total. The predicted octanol–water partition coefficient (Wildman–Crippen LogP) is 2.72. The third kappa shape index (κ3) is 4.91. The molecule has 0 aromatic heterocycles. The van der Waals surface area contributed by atoms with E-state index in [1.54, 1.807) is 42.5 Å². The van der Waals surface area contributed by atoms with Crippen LogP contribution >= 0.6 is 11.6 Å². The van der Waals surface area contributed by atoms with Gasteiger partial charge in [0.1, 0.15) is 6.04 Å². The van der Waals surface area contributed by atoms with Gasteiger partial charge in [0.2, 0.25) is 0 Å². The van der Waals surface area contributed by atoms with Crippen LogP contribution in [-0.2, 0) is 15.6 Å². The molecule has 1 amide bonds. The SMILES string of the molecule is O=C(N[C@@H](CC[S@@](=O)c1ccccc1)C(=O)O)c1ccccc1Cl. The van der Waals surface area contributed by atoms with E-state index in [-0.39, 0.29) is 22.8 Å². The number of carbonyl (C=O) groups is 2. The Morgan fingerprint density at radius 3 is 2.33 bits per heavy atom. The molecule has 5 nitrogen and oxygen atoms in total. The molecular formula is C17H16ClNO4S. The third-order valence-corrected chi connectivity index (χ3v) is 5.05. The molecule has 7 heteroatoms. The minimum atomic E-state index is -1.32. The van der Waals surface area contributed by atoms with Crippen molar-refractivity contribution in [3.05, 3.63) is 65.2 Å². The first-order valence-corrected chi connectivity index (χ1v) is 8.90. The maximum Gasteiger partial charge on any atom is 0.326 e. The van der Waals surface area contributed by atoms with Crippen molar-refractivity contribution in [3.63, 3.8) is 0 Å². The van der Waals surface area contributed by atoms with Gasteiger partial charge >= 0.3 is 5.97 Å². The lowest BCUT2D eigenvalue weighted by atomic mass is 10.1. The second-order valence-corrected chi connectivity index (χ2v) is 6.97. The molecule has 2 aromatic rings. The highest BCUT2D eigenvalue weighted by Gasteiger charge is 2.22. The first kappa shape index (κ1) is 18.2. The number of aliphatic carboxylic acids is 1. The molecule has 0 aliphatic rings. The molecule has 0 fully saturated rings. The number of benzene rings is 2. The molecule has 0 aliphatic heterocycles. The summed E-state index contributed by atoms with van der Waals surface area (Å²) >= 11 is 5.93.